The molecule has 2 heterocycles. The van der Waals surface area contributed by atoms with Gasteiger partial charge in [0.2, 0.25) is 5.82 Å². The molecule has 138 valence electrons. The summed E-state index contributed by atoms with van der Waals surface area (Å²) >= 11 is 0. The molecule has 0 atom stereocenters. The van der Waals surface area contributed by atoms with Crippen molar-refractivity contribution < 1.29 is 13.7 Å². The molecule has 2 aromatic heterocycles. The Labute approximate surface area is 160 Å². The minimum atomic E-state index is -0.336. The largest absolute Gasteiger partial charge is 0.346 e. The first-order valence-corrected chi connectivity index (χ1v) is 8.57. The predicted octanol–water partition coefficient (Wildman–Crippen LogP) is 3.87. The van der Waals surface area contributed by atoms with Crippen LogP contribution in [0.1, 0.15) is 16.1 Å². The maximum atomic E-state index is 13.1. The van der Waals surface area contributed by atoms with E-state index in [9.17, 15) is 9.18 Å². The van der Waals surface area contributed by atoms with E-state index in [-0.39, 0.29) is 17.6 Å². The van der Waals surface area contributed by atoms with Gasteiger partial charge in [-0.2, -0.15) is 4.98 Å². The lowest BCUT2D eigenvalue weighted by atomic mass is 10.1. The van der Waals surface area contributed by atoms with Crippen LogP contribution in [0.25, 0.3) is 22.8 Å². The molecule has 0 saturated heterocycles. The first kappa shape index (κ1) is 17.5. The van der Waals surface area contributed by atoms with Crippen molar-refractivity contribution in [1.29, 1.82) is 0 Å². The van der Waals surface area contributed by atoms with Crippen LogP contribution in [0.2, 0.25) is 0 Å². The number of rotatable bonds is 5. The zero-order chi connectivity index (χ0) is 19.3. The van der Waals surface area contributed by atoms with Crippen LogP contribution in [0.3, 0.4) is 0 Å². The van der Waals surface area contributed by atoms with Gasteiger partial charge in [-0.25, -0.2) is 4.39 Å². The number of pyridine rings is 1. The van der Waals surface area contributed by atoms with E-state index in [1.807, 2.05) is 18.2 Å². The molecule has 0 fully saturated rings. The fourth-order valence-corrected chi connectivity index (χ4v) is 2.63. The molecule has 4 aromatic rings. The summed E-state index contributed by atoms with van der Waals surface area (Å²) in [6.45, 7) is 0.333. The van der Waals surface area contributed by atoms with Crippen LogP contribution in [0.4, 0.5) is 4.39 Å². The molecule has 0 spiro atoms. The number of amides is 1. The van der Waals surface area contributed by atoms with E-state index in [2.05, 4.69) is 20.4 Å². The number of halogens is 1. The Morgan fingerprint density at radius 2 is 1.86 bits per heavy atom. The van der Waals surface area contributed by atoms with Gasteiger partial charge in [0.1, 0.15) is 5.82 Å². The lowest BCUT2D eigenvalue weighted by molar-refractivity contribution is 0.0950. The molecule has 4 rings (SSSR count). The number of hydrogen-bond acceptors (Lipinski definition) is 5. The maximum Gasteiger partial charge on any atom is 0.258 e. The lowest BCUT2D eigenvalue weighted by Gasteiger charge is -2.05. The minimum Gasteiger partial charge on any atom is -0.346 e. The Bertz CT molecular complexity index is 1090. The zero-order valence-corrected chi connectivity index (χ0v) is 14.7. The van der Waals surface area contributed by atoms with Gasteiger partial charge in [0.15, 0.2) is 0 Å². The highest BCUT2D eigenvalue weighted by atomic mass is 19.1. The Morgan fingerprint density at radius 1 is 1.00 bits per heavy atom. The molecule has 0 saturated carbocycles. The Morgan fingerprint density at radius 3 is 2.64 bits per heavy atom. The molecule has 7 heteroatoms. The molecule has 0 aliphatic heterocycles. The van der Waals surface area contributed by atoms with Crippen molar-refractivity contribution in [3.05, 3.63) is 90.0 Å². The molecule has 28 heavy (non-hydrogen) atoms. The SMILES string of the molecule is O=C(NCc1ccccn1)c1cccc(-c2nc(-c3ccc(F)cc3)no2)c1. The summed E-state index contributed by atoms with van der Waals surface area (Å²) in [6.07, 6.45) is 1.68. The number of carbonyl (C=O) groups is 1. The minimum absolute atomic E-state index is 0.231. The third-order valence-corrected chi connectivity index (χ3v) is 4.06. The quantitative estimate of drug-likeness (QED) is 0.574. The molecular formula is C21H15FN4O2. The summed E-state index contributed by atoms with van der Waals surface area (Å²) in [5, 5.41) is 6.75. The first-order valence-electron chi connectivity index (χ1n) is 8.57. The van der Waals surface area contributed by atoms with E-state index in [0.717, 1.165) is 5.69 Å². The second kappa shape index (κ2) is 7.79. The van der Waals surface area contributed by atoms with Crippen LogP contribution in [0.5, 0.6) is 0 Å². The van der Waals surface area contributed by atoms with E-state index < -0.39 is 0 Å². The predicted molar refractivity (Wildman–Crippen MR) is 101 cm³/mol. The van der Waals surface area contributed by atoms with E-state index in [1.54, 1.807) is 42.6 Å². The van der Waals surface area contributed by atoms with Crippen molar-refractivity contribution in [2.75, 3.05) is 0 Å². The topological polar surface area (TPSA) is 80.9 Å². The summed E-state index contributed by atoms with van der Waals surface area (Å²) in [5.41, 5.74) is 2.50. The standard InChI is InChI=1S/C21H15FN4O2/c22-17-9-7-14(8-10-17)19-25-21(28-26-19)16-5-3-4-15(12-16)20(27)24-13-18-6-1-2-11-23-18/h1-12H,13H2,(H,24,27). The van der Waals surface area contributed by atoms with Crippen LogP contribution in [0, 0.1) is 5.82 Å². The normalized spacial score (nSPS) is 10.6. The van der Waals surface area contributed by atoms with Crippen molar-refractivity contribution in [2.24, 2.45) is 0 Å². The van der Waals surface area contributed by atoms with Crippen molar-refractivity contribution in [3.63, 3.8) is 0 Å². The van der Waals surface area contributed by atoms with Gasteiger partial charge in [-0.15, -0.1) is 0 Å². The van der Waals surface area contributed by atoms with E-state index in [1.165, 1.54) is 12.1 Å². The number of nitrogens with one attached hydrogen (secondary N) is 1. The van der Waals surface area contributed by atoms with Crippen LogP contribution < -0.4 is 5.32 Å². The molecular weight excluding hydrogens is 359 g/mol. The summed E-state index contributed by atoms with van der Waals surface area (Å²) in [4.78, 5) is 20.9. The molecule has 0 unspecified atom stereocenters. The highest BCUT2D eigenvalue weighted by Gasteiger charge is 2.13. The number of aromatic nitrogens is 3. The Balaban J connectivity index is 1.50. The second-order valence-electron chi connectivity index (χ2n) is 6.01. The molecule has 6 nitrogen and oxygen atoms in total. The van der Waals surface area contributed by atoms with Crippen LogP contribution in [-0.4, -0.2) is 21.0 Å². The third-order valence-electron chi connectivity index (χ3n) is 4.06. The van der Waals surface area contributed by atoms with Gasteiger partial charge in [0, 0.05) is 22.9 Å². The van der Waals surface area contributed by atoms with E-state index in [4.69, 9.17) is 4.52 Å². The fraction of sp³-hybridized carbons (Fsp3) is 0.0476. The van der Waals surface area contributed by atoms with Crippen molar-refractivity contribution in [2.45, 2.75) is 6.54 Å². The average Bonchev–Trinajstić information content (AvgIpc) is 3.24. The molecule has 1 amide bonds. The van der Waals surface area contributed by atoms with Gasteiger partial charge in [0.05, 0.1) is 12.2 Å². The number of nitrogens with zero attached hydrogens (tertiary/aromatic N) is 3. The summed E-state index contributed by atoms with van der Waals surface area (Å²) in [7, 11) is 0. The molecule has 0 bridgehead atoms. The first-order chi connectivity index (χ1) is 13.7. The zero-order valence-electron chi connectivity index (χ0n) is 14.7. The smallest absolute Gasteiger partial charge is 0.258 e. The summed E-state index contributed by atoms with van der Waals surface area (Å²) in [6, 6.07) is 18.2. The van der Waals surface area contributed by atoms with Gasteiger partial charge in [-0.1, -0.05) is 17.3 Å². The monoisotopic (exact) mass is 374 g/mol. The second-order valence-corrected chi connectivity index (χ2v) is 6.01. The van der Waals surface area contributed by atoms with E-state index in [0.29, 0.717) is 29.1 Å². The number of benzene rings is 2. The van der Waals surface area contributed by atoms with E-state index >= 15 is 0 Å². The average molecular weight is 374 g/mol. The van der Waals surface area contributed by atoms with Gasteiger partial charge in [0.25, 0.3) is 11.8 Å². The molecule has 0 radical (unpaired) electrons. The number of hydrogen-bond donors (Lipinski definition) is 1. The highest BCUT2D eigenvalue weighted by molar-refractivity contribution is 5.95. The molecule has 2 aromatic carbocycles. The Kier molecular flexibility index (Phi) is 4.88. The number of carbonyl (C=O) groups excluding carboxylic acids is 1. The third kappa shape index (κ3) is 3.93. The van der Waals surface area contributed by atoms with Crippen LogP contribution in [-0.2, 0) is 6.54 Å². The lowest BCUT2D eigenvalue weighted by Crippen LogP contribution is -2.23. The molecule has 0 aliphatic carbocycles. The Hall–Kier alpha value is -3.87. The molecule has 1 N–H and O–H groups in total. The summed E-state index contributed by atoms with van der Waals surface area (Å²) < 4.78 is 18.4. The van der Waals surface area contributed by atoms with Gasteiger partial charge in [-0.05, 0) is 54.6 Å². The van der Waals surface area contributed by atoms with Crippen molar-refractivity contribution in [1.82, 2.24) is 20.4 Å². The molecule has 0 aliphatic rings. The fourth-order valence-electron chi connectivity index (χ4n) is 2.63. The van der Waals surface area contributed by atoms with Crippen molar-refractivity contribution in [3.8, 4) is 22.8 Å². The summed E-state index contributed by atoms with van der Waals surface area (Å²) in [5.74, 6) is 0.0568. The maximum absolute atomic E-state index is 13.1. The highest BCUT2D eigenvalue weighted by Crippen LogP contribution is 2.23. The van der Waals surface area contributed by atoms with Gasteiger partial charge < -0.3 is 9.84 Å². The van der Waals surface area contributed by atoms with Crippen LogP contribution >= 0.6 is 0 Å². The van der Waals surface area contributed by atoms with Crippen LogP contribution in [0.15, 0.2) is 77.4 Å². The van der Waals surface area contributed by atoms with Gasteiger partial charge in [-0.3, -0.25) is 9.78 Å². The van der Waals surface area contributed by atoms with Gasteiger partial charge >= 0.3 is 0 Å². The van der Waals surface area contributed by atoms with Crippen molar-refractivity contribution >= 4 is 5.91 Å².